The summed E-state index contributed by atoms with van der Waals surface area (Å²) < 4.78 is 5.37. The highest BCUT2D eigenvalue weighted by Crippen LogP contribution is 2.38. The maximum absolute atomic E-state index is 12.8. The van der Waals surface area contributed by atoms with Crippen LogP contribution in [0.15, 0.2) is 66.0 Å². The number of methoxy groups -OCH3 is 1. The van der Waals surface area contributed by atoms with Crippen LogP contribution in [0.4, 0.5) is 5.82 Å². The van der Waals surface area contributed by atoms with E-state index >= 15 is 0 Å². The van der Waals surface area contributed by atoms with Crippen molar-refractivity contribution in [3.8, 4) is 27.6 Å². The van der Waals surface area contributed by atoms with E-state index < -0.39 is 0 Å². The van der Waals surface area contributed by atoms with Gasteiger partial charge in [0.25, 0.3) is 5.91 Å². The molecule has 1 aliphatic carbocycles. The molecule has 30 heavy (non-hydrogen) atoms. The van der Waals surface area contributed by atoms with Gasteiger partial charge in [-0.3, -0.25) is 4.79 Å². The Morgan fingerprint density at radius 2 is 1.87 bits per heavy atom. The van der Waals surface area contributed by atoms with Crippen molar-refractivity contribution in [1.82, 2.24) is 9.97 Å². The molecule has 0 fully saturated rings. The topological polar surface area (TPSA) is 64.1 Å². The lowest BCUT2D eigenvalue weighted by Gasteiger charge is -2.21. The summed E-state index contributed by atoms with van der Waals surface area (Å²) in [6.45, 7) is 0. The lowest BCUT2D eigenvalue weighted by molar-refractivity contribution is 0.102. The number of benzene rings is 2. The average molecular weight is 414 g/mol. The Morgan fingerprint density at radius 3 is 2.63 bits per heavy atom. The summed E-state index contributed by atoms with van der Waals surface area (Å²) in [5, 5.41) is 4.98. The third kappa shape index (κ3) is 3.35. The molecule has 2 aromatic carbocycles. The van der Waals surface area contributed by atoms with E-state index in [4.69, 9.17) is 14.7 Å². The van der Waals surface area contributed by atoms with Gasteiger partial charge in [0.05, 0.1) is 23.4 Å². The number of rotatable bonds is 4. The fourth-order valence-electron chi connectivity index (χ4n) is 3.69. The molecule has 1 amide bonds. The molecule has 6 heteroatoms. The van der Waals surface area contributed by atoms with E-state index in [0.717, 1.165) is 40.4 Å². The number of thiophene rings is 1. The first-order chi connectivity index (χ1) is 14.7. The number of fused-ring (bicyclic) bond motifs is 3. The van der Waals surface area contributed by atoms with Gasteiger partial charge in [-0.25, -0.2) is 9.97 Å². The molecule has 1 N–H and O–H groups in total. The number of ether oxygens (including phenoxy) is 1. The van der Waals surface area contributed by atoms with Crippen LogP contribution < -0.4 is 10.1 Å². The summed E-state index contributed by atoms with van der Waals surface area (Å²) in [4.78, 5) is 23.6. The normalized spacial score (nSPS) is 12.0. The van der Waals surface area contributed by atoms with Crippen molar-refractivity contribution in [3.05, 3.63) is 82.9 Å². The molecule has 2 heterocycles. The quantitative estimate of drug-likeness (QED) is 0.497. The highest BCUT2D eigenvalue weighted by Gasteiger charge is 2.24. The van der Waals surface area contributed by atoms with E-state index in [0.29, 0.717) is 17.1 Å². The number of nitrogens with zero attached hydrogens (tertiary/aromatic N) is 2. The van der Waals surface area contributed by atoms with Crippen LogP contribution in [-0.2, 0) is 12.8 Å². The van der Waals surface area contributed by atoms with E-state index in [-0.39, 0.29) is 5.91 Å². The molecule has 0 spiro atoms. The predicted octanol–water partition coefficient (Wildman–Crippen LogP) is 5.23. The van der Waals surface area contributed by atoms with Crippen LogP contribution in [0.1, 0.15) is 21.6 Å². The first-order valence-electron chi connectivity index (χ1n) is 9.71. The van der Waals surface area contributed by atoms with Crippen molar-refractivity contribution in [1.29, 1.82) is 0 Å². The number of nitrogens with one attached hydrogen (secondary N) is 1. The molecule has 0 aliphatic heterocycles. The van der Waals surface area contributed by atoms with E-state index in [9.17, 15) is 4.79 Å². The van der Waals surface area contributed by atoms with Crippen molar-refractivity contribution in [2.75, 3.05) is 12.4 Å². The van der Waals surface area contributed by atoms with Gasteiger partial charge in [-0.1, -0.05) is 24.3 Å². The molecule has 5 rings (SSSR count). The molecule has 0 unspecified atom stereocenters. The van der Waals surface area contributed by atoms with Gasteiger partial charge >= 0.3 is 0 Å². The number of aryl methyl sites for hydroxylation is 2. The zero-order valence-corrected chi connectivity index (χ0v) is 17.2. The average Bonchev–Trinajstić information content (AvgIpc) is 3.33. The summed E-state index contributed by atoms with van der Waals surface area (Å²) in [7, 11) is 1.68. The molecule has 0 radical (unpaired) electrons. The summed E-state index contributed by atoms with van der Waals surface area (Å²) in [6, 6.07) is 19.2. The fourth-order valence-corrected chi connectivity index (χ4v) is 4.40. The molecule has 4 aromatic rings. The molecule has 0 saturated carbocycles. The summed E-state index contributed by atoms with van der Waals surface area (Å²) in [5.74, 6) is 1.15. The second-order valence-electron chi connectivity index (χ2n) is 7.04. The summed E-state index contributed by atoms with van der Waals surface area (Å²) in [6.07, 6.45) is 1.63. The molecule has 0 atom stereocenters. The Kier molecular flexibility index (Phi) is 4.77. The fraction of sp³-hybridized carbons (Fsp3) is 0.125. The molecular formula is C24H19N3O2S. The number of aromatic nitrogens is 2. The molecule has 0 bridgehead atoms. The number of carbonyl (C=O) groups excluding carboxylic acids is 1. The van der Waals surface area contributed by atoms with Crippen molar-refractivity contribution in [3.63, 3.8) is 0 Å². The van der Waals surface area contributed by atoms with Crippen LogP contribution in [0, 0.1) is 0 Å². The number of anilines is 1. The van der Waals surface area contributed by atoms with Crippen LogP contribution >= 0.6 is 11.3 Å². The maximum Gasteiger partial charge on any atom is 0.256 e. The minimum Gasteiger partial charge on any atom is -0.497 e. The molecular weight excluding hydrogens is 394 g/mol. The Hall–Kier alpha value is -3.51. The van der Waals surface area contributed by atoms with Gasteiger partial charge in [-0.05, 0) is 60.2 Å². The Balaban J connectivity index is 1.61. The molecule has 1 aliphatic rings. The predicted molar refractivity (Wildman–Crippen MR) is 119 cm³/mol. The Bertz CT molecular complexity index is 1220. The lowest BCUT2D eigenvalue weighted by Crippen LogP contribution is -2.17. The highest BCUT2D eigenvalue weighted by atomic mass is 32.1. The van der Waals surface area contributed by atoms with Crippen molar-refractivity contribution in [2.24, 2.45) is 0 Å². The van der Waals surface area contributed by atoms with Gasteiger partial charge in [0.1, 0.15) is 11.4 Å². The Morgan fingerprint density at radius 1 is 1.00 bits per heavy atom. The lowest BCUT2D eigenvalue weighted by atomic mass is 9.91. The number of hydrogen-bond donors (Lipinski definition) is 1. The number of carbonyl (C=O) groups is 1. The van der Waals surface area contributed by atoms with Gasteiger partial charge in [0.2, 0.25) is 0 Å². The molecule has 2 aromatic heterocycles. The van der Waals surface area contributed by atoms with E-state index in [1.165, 1.54) is 5.56 Å². The molecule has 148 valence electrons. The van der Waals surface area contributed by atoms with Crippen molar-refractivity contribution < 1.29 is 9.53 Å². The third-order valence-corrected chi connectivity index (χ3v) is 6.07. The smallest absolute Gasteiger partial charge is 0.256 e. The van der Waals surface area contributed by atoms with Crippen LogP contribution in [0.5, 0.6) is 5.75 Å². The monoisotopic (exact) mass is 413 g/mol. The minimum absolute atomic E-state index is 0.191. The van der Waals surface area contributed by atoms with Crippen LogP contribution in [0.25, 0.3) is 21.8 Å². The minimum atomic E-state index is -0.191. The molecule has 0 saturated heterocycles. The zero-order valence-electron chi connectivity index (χ0n) is 16.4. The second kappa shape index (κ2) is 7.72. The van der Waals surface area contributed by atoms with E-state index in [1.54, 1.807) is 30.6 Å². The van der Waals surface area contributed by atoms with Gasteiger partial charge in [-0.2, -0.15) is 0 Å². The first kappa shape index (κ1) is 18.5. The third-order valence-electron chi connectivity index (χ3n) is 5.19. The van der Waals surface area contributed by atoms with Crippen molar-refractivity contribution in [2.45, 2.75) is 12.8 Å². The zero-order chi connectivity index (χ0) is 20.5. The Labute approximate surface area is 178 Å². The first-order valence-corrected chi connectivity index (χ1v) is 10.6. The van der Waals surface area contributed by atoms with E-state index in [2.05, 4.69) is 11.4 Å². The molecule has 5 nitrogen and oxygen atoms in total. The number of hydrogen-bond acceptors (Lipinski definition) is 5. The van der Waals surface area contributed by atoms with Crippen LogP contribution in [0.2, 0.25) is 0 Å². The van der Waals surface area contributed by atoms with Gasteiger partial charge < -0.3 is 10.1 Å². The number of amides is 1. The van der Waals surface area contributed by atoms with E-state index in [1.807, 2.05) is 47.8 Å². The summed E-state index contributed by atoms with van der Waals surface area (Å²) in [5.41, 5.74) is 5.33. The van der Waals surface area contributed by atoms with Gasteiger partial charge in [-0.15, -0.1) is 11.3 Å². The standard InChI is InChI=1S/C24H19N3O2S/c1-29-17-10-11-18-16(14-17)9-12-19-21(18)26-22(20-8-5-13-30-20)23(25-19)27-24(28)15-6-3-2-4-7-15/h2-8,10-11,13-14H,9,12H2,1H3,(H,25,27,28). The summed E-state index contributed by atoms with van der Waals surface area (Å²) >= 11 is 1.58. The highest BCUT2D eigenvalue weighted by molar-refractivity contribution is 7.13. The van der Waals surface area contributed by atoms with Crippen LogP contribution in [-0.4, -0.2) is 23.0 Å². The van der Waals surface area contributed by atoms with Crippen molar-refractivity contribution >= 4 is 23.1 Å². The van der Waals surface area contributed by atoms with Crippen LogP contribution in [0.3, 0.4) is 0 Å². The van der Waals surface area contributed by atoms with Gasteiger partial charge in [0.15, 0.2) is 5.82 Å². The second-order valence-corrected chi connectivity index (χ2v) is 7.98. The largest absolute Gasteiger partial charge is 0.497 e. The van der Waals surface area contributed by atoms with Gasteiger partial charge in [0, 0.05) is 11.1 Å². The maximum atomic E-state index is 12.8. The SMILES string of the molecule is COc1ccc2c(c1)CCc1nc(NC(=O)c3ccccc3)c(-c3cccs3)nc1-2.